The maximum atomic E-state index is 11.2. The number of aliphatic carboxylic acids is 1. The molecule has 1 saturated heterocycles. The van der Waals surface area contributed by atoms with E-state index >= 15 is 0 Å². The number of carboxylic acids is 1. The summed E-state index contributed by atoms with van der Waals surface area (Å²) in [6.07, 6.45) is -0.487. The summed E-state index contributed by atoms with van der Waals surface area (Å²) in [7, 11) is 0. The van der Waals surface area contributed by atoms with Crippen molar-refractivity contribution in [2.75, 3.05) is 13.1 Å². The SMILES string of the molecule is O=C(O)CN1C(=O)CNC(=O)CC1=O. The van der Waals surface area contributed by atoms with Crippen molar-refractivity contribution in [3.05, 3.63) is 0 Å². The summed E-state index contributed by atoms with van der Waals surface area (Å²) in [5.74, 6) is -3.35. The molecular formula is C7H8N2O5. The van der Waals surface area contributed by atoms with Crippen LogP contribution in [0.5, 0.6) is 0 Å². The van der Waals surface area contributed by atoms with Gasteiger partial charge in [0.15, 0.2) is 0 Å². The van der Waals surface area contributed by atoms with Crippen molar-refractivity contribution in [3.8, 4) is 0 Å². The van der Waals surface area contributed by atoms with E-state index in [1.165, 1.54) is 0 Å². The summed E-state index contributed by atoms with van der Waals surface area (Å²) in [5, 5.41) is 10.6. The molecule has 7 heteroatoms. The highest BCUT2D eigenvalue weighted by atomic mass is 16.4. The lowest BCUT2D eigenvalue weighted by Gasteiger charge is -2.14. The second-order valence-electron chi connectivity index (χ2n) is 2.72. The first-order valence-corrected chi connectivity index (χ1v) is 3.82. The maximum Gasteiger partial charge on any atom is 0.323 e. The minimum atomic E-state index is -1.29. The number of hydrogen-bond acceptors (Lipinski definition) is 4. The minimum absolute atomic E-state index is 0.335. The van der Waals surface area contributed by atoms with Crippen LogP contribution in [0, 0.1) is 0 Å². The number of carbonyl (C=O) groups excluding carboxylic acids is 3. The lowest BCUT2D eigenvalue weighted by Crippen LogP contribution is -2.41. The lowest BCUT2D eigenvalue weighted by molar-refractivity contribution is -0.151. The van der Waals surface area contributed by atoms with Crippen molar-refractivity contribution >= 4 is 23.7 Å². The van der Waals surface area contributed by atoms with E-state index < -0.39 is 36.7 Å². The first-order chi connectivity index (χ1) is 6.50. The fourth-order valence-corrected chi connectivity index (χ4v) is 1.02. The predicted octanol–water partition coefficient (Wildman–Crippen LogP) is -2.05. The summed E-state index contributed by atoms with van der Waals surface area (Å²) in [5.41, 5.74) is 0. The summed E-state index contributed by atoms with van der Waals surface area (Å²) < 4.78 is 0. The number of imide groups is 1. The maximum absolute atomic E-state index is 11.2. The fraction of sp³-hybridized carbons (Fsp3) is 0.429. The van der Waals surface area contributed by atoms with Crippen LogP contribution >= 0.6 is 0 Å². The van der Waals surface area contributed by atoms with E-state index in [0.717, 1.165) is 0 Å². The first-order valence-electron chi connectivity index (χ1n) is 3.82. The molecule has 7 nitrogen and oxygen atoms in total. The number of amides is 3. The van der Waals surface area contributed by atoms with Gasteiger partial charge in [-0.15, -0.1) is 0 Å². The van der Waals surface area contributed by atoms with Gasteiger partial charge in [0.2, 0.25) is 17.7 Å². The first kappa shape index (κ1) is 10.2. The van der Waals surface area contributed by atoms with Crippen LogP contribution in [0.25, 0.3) is 0 Å². The molecule has 0 aromatic heterocycles. The van der Waals surface area contributed by atoms with Gasteiger partial charge in [0.25, 0.3) is 0 Å². The molecule has 0 aromatic rings. The zero-order valence-corrected chi connectivity index (χ0v) is 7.15. The van der Waals surface area contributed by atoms with Gasteiger partial charge in [0.1, 0.15) is 13.0 Å². The Bertz CT molecular complexity index is 311. The molecule has 1 rings (SSSR count). The molecule has 0 bridgehead atoms. The average molecular weight is 200 g/mol. The van der Waals surface area contributed by atoms with Crippen LogP contribution in [0.2, 0.25) is 0 Å². The van der Waals surface area contributed by atoms with Gasteiger partial charge < -0.3 is 10.4 Å². The molecule has 0 aliphatic carbocycles. The summed E-state index contributed by atoms with van der Waals surface area (Å²) in [6, 6.07) is 0. The normalized spacial score (nSPS) is 17.7. The Morgan fingerprint density at radius 1 is 1.36 bits per heavy atom. The van der Waals surface area contributed by atoms with Gasteiger partial charge in [0.05, 0.1) is 6.54 Å². The topological polar surface area (TPSA) is 104 Å². The van der Waals surface area contributed by atoms with Crippen LogP contribution < -0.4 is 5.32 Å². The van der Waals surface area contributed by atoms with E-state index in [9.17, 15) is 19.2 Å². The Kier molecular flexibility index (Phi) is 2.80. The van der Waals surface area contributed by atoms with Crippen molar-refractivity contribution in [2.24, 2.45) is 0 Å². The summed E-state index contributed by atoms with van der Waals surface area (Å²) >= 11 is 0. The monoisotopic (exact) mass is 200 g/mol. The number of carboxylic acid groups (broad SMARTS) is 1. The molecule has 1 fully saturated rings. The number of carbonyl (C=O) groups is 4. The van der Waals surface area contributed by atoms with Crippen LogP contribution in [0.3, 0.4) is 0 Å². The van der Waals surface area contributed by atoms with Crippen molar-refractivity contribution < 1.29 is 24.3 Å². The fourth-order valence-electron chi connectivity index (χ4n) is 1.02. The van der Waals surface area contributed by atoms with Crippen LogP contribution in [0.15, 0.2) is 0 Å². The zero-order valence-electron chi connectivity index (χ0n) is 7.15. The largest absolute Gasteiger partial charge is 0.480 e. The number of nitrogens with zero attached hydrogens (tertiary/aromatic N) is 1. The van der Waals surface area contributed by atoms with Crippen molar-refractivity contribution in [2.45, 2.75) is 6.42 Å². The third-order valence-electron chi connectivity index (χ3n) is 1.64. The minimum Gasteiger partial charge on any atom is -0.480 e. The third-order valence-corrected chi connectivity index (χ3v) is 1.64. The zero-order chi connectivity index (χ0) is 10.7. The molecule has 0 saturated carbocycles. The van der Waals surface area contributed by atoms with Crippen LogP contribution in [-0.4, -0.2) is 46.8 Å². The third kappa shape index (κ3) is 2.28. The number of rotatable bonds is 2. The highest BCUT2D eigenvalue weighted by Crippen LogP contribution is 1.99. The van der Waals surface area contributed by atoms with Crippen LogP contribution in [-0.2, 0) is 19.2 Å². The van der Waals surface area contributed by atoms with Gasteiger partial charge in [-0.2, -0.15) is 0 Å². The van der Waals surface area contributed by atoms with Crippen molar-refractivity contribution in [3.63, 3.8) is 0 Å². The molecule has 0 atom stereocenters. The van der Waals surface area contributed by atoms with Gasteiger partial charge in [-0.3, -0.25) is 24.1 Å². The molecule has 3 amide bonds. The Balaban J connectivity index is 2.79. The molecule has 0 aromatic carbocycles. The molecule has 76 valence electrons. The Morgan fingerprint density at radius 3 is 2.57 bits per heavy atom. The lowest BCUT2D eigenvalue weighted by atomic mass is 10.3. The molecule has 0 radical (unpaired) electrons. The Labute approximate surface area is 78.7 Å². The van der Waals surface area contributed by atoms with E-state index in [1.807, 2.05) is 0 Å². The number of hydrogen-bond donors (Lipinski definition) is 2. The second kappa shape index (κ2) is 3.86. The van der Waals surface area contributed by atoms with Crippen LogP contribution in [0.1, 0.15) is 6.42 Å². The van der Waals surface area contributed by atoms with E-state index in [4.69, 9.17) is 5.11 Å². The molecule has 0 spiro atoms. The predicted molar refractivity (Wildman–Crippen MR) is 42.0 cm³/mol. The average Bonchev–Trinajstić information content (AvgIpc) is 2.18. The van der Waals surface area contributed by atoms with Gasteiger partial charge in [-0.25, -0.2) is 0 Å². The quantitative estimate of drug-likeness (QED) is 0.394. The molecule has 1 aliphatic rings. The van der Waals surface area contributed by atoms with Crippen molar-refractivity contribution in [1.29, 1.82) is 0 Å². The van der Waals surface area contributed by atoms with Crippen molar-refractivity contribution in [1.82, 2.24) is 10.2 Å². The van der Waals surface area contributed by atoms with Gasteiger partial charge in [0, 0.05) is 0 Å². The van der Waals surface area contributed by atoms with E-state index in [2.05, 4.69) is 5.32 Å². The second-order valence-corrected chi connectivity index (χ2v) is 2.72. The van der Waals surface area contributed by atoms with E-state index in [1.54, 1.807) is 0 Å². The summed E-state index contributed by atoms with van der Waals surface area (Å²) in [6.45, 7) is -1.04. The van der Waals surface area contributed by atoms with Gasteiger partial charge in [-0.1, -0.05) is 0 Å². The molecule has 0 unspecified atom stereocenters. The van der Waals surface area contributed by atoms with E-state index in [-0.39, 0.29) is 6.54 Å². The smallest absolute Gasteiger partial charge is 0.323 e. The number of nitrogens with one attached hydrogen (secondary N) is 1. The highest BCUT2D eigenvalue weighted by molar-refractivity contribution is 6.09. The molecular weight excluding hydrogens is 192 g/mol. The van der Waals surface area contributed by atoms with Gasteiger partial charge >= 0.3 is 5.97 Å². The Morgan fingerprint density at radius 2 is 2.00 bits per heavy atom. The molecule has 1 heterocycles. The molecule has 1 aliphatic heterocycles. The molecule has 14 heavy (non-hydrogen) atoms. The standard InChI is InChI=1S/C7H8N2O5/c10-4-1-5(11)9(3-7(13)14)6(12)2-8-4/h1-3H2,(H,8,10)(H,13,14). The van der Waals surface area contributed by atoms with E-state index in [0.29, 0.717) is 4.90 Å². The van der Waals surface area contributed by atoms with Gasteiger partial charge in [-0.05, 0) is 0 Å². The summed E-state index contributed by atoms with van der Waals surface area (Å²) in [4.78, 5) is 44.0. The Hall–Kier alpha value is -1.92. The molecule has 2 N–H and O–H groups in total. The highest BCUT2D eigenvalue weighted by Gasteiger charge is 2.28. The van der Waals surface area contributed by atoms with Crippen LogP contribution in [0.4, 0.5) is 0 Å².